The maximum atomic E-state index is 12.0. The van der Waals surface area contributed by atoms with Crippen LogP contribution in [-0.4, -0.2) is 16.0 Å². The molecule has 27 heavy (non-hydrogen) atoms. The molecular weight excluding hydrogens is 360 g/mol. The number of oxazole rings is 1. The normalized spacial score (nSPS) is 10.6. The summed E-state index contributed by atoms with van der Waals surface area (Å²) in [7, 11) is 0. The molecule has 3 rings (SSSR count). The van der Waals surface area contributed by atoms with Crippen molar-refractivity contribution in [1.29, 1.82) is 0 Å². The van der Waals surface area contributed by atoms with E-state index in [-0.39, 0.29) is 12.3 Å². The lowest BCUT2D eigenvalue weighted by Gasteiger charge is -2.16. The molecule has 3 aromatic rings. The fourth-order valence-corrected chi connectivity index (χ4v) is 2.94. The standard InChI is InChI=1S/C20H22N4O2S/c1-3-14-8-6-7-13(2)19(14)22-20(27)24-23-17(25)11-12-18-21-15-9-4-5-10-16(15)26-18/h4-10H,3,11-12H2,1-2H3,(H,23,25)(H2,22,24,27). The maximum absolute atomic E-state index is 12.0. The third-order valence-corrected chi connectivity index (χ3v) is 4.40. The number of aromatic nitrogens is 1. The number of hydrazine groups is 1. The van der Waals surface area contributed by atoms with E-state index < -0.39 is 0 Å². The van der Waals surface area contributed by atoms with Gasteiger partial charge in [-0.3, -0.25) is 15.6 Å². The smallest absolute Gasteiger partial charge is 0.238 e. The first-order valence-corrected chi connectivity index (χ1v) is 9.26. The van der Waals surface area contributed by atoms with Crippen LogP contribution in [0.2, 0.25) is 0 Å². The van der Waals surface area contributed by atoms with Crippen molar-refractivity contribution in [3.63, 3.8) is 0 Å². The molecule has 0 aliphatic heterocycles. The molecule has 0 spiro atoms. The van der Waals surface area contributed by atoms with Gasteiger partial charge >= 0.3 is 0 Å². The summed E-state index contributed by atoms with van der Waals surface area (Å²) in [4.78, 5) is 16.4. The third-order valence-electron chi connectivity index (χ3n) is 4.20. The number of nitrogens with zero attached hydrogens (tertiary/aromatic N) is 1. The van der Waals surface area contributed by atoms with Gasteiger partial charge in [0.25, 0.3) is 0 Å². The molecule has 1 heterocycles. The Morgan fingerprint density at radius 2 is 1.96 bits per heavy atom. The van der Waals surface area contributed by atoms with Crippen molar-refractivity contribution in [2.75, 3.05) is 5.32 Å². The molecule has 0 saturated carbocycles. The van der Waals surface area contributed by atoms with Gasteiger partial charge < -0.3 is 9.73 Å². The summed E-state index contributed by atoms with van der Waals surface area (Å²) in [5.74, 6) is 0.349. The number of benzene rings is 2. The summed E-state index contributed by atoms with van der Waals surface area (Å²) in [5, 5.41) is 3.49. The van der Waals surface area contributed by atoms with Gasteiger partial charge in [-0.1, -0.05) is 37.3 Å². The first-order chi connectivity index (χ1) is 13.1. The summed E-state index contributed by atoms with van der Waals surface area (Å²) >= 11 is 5.27. The van der Waals surface area contributed by atoms with E-state index in [1.165, 1.54) is 5.56 Å². The molecule has 0 aliphatic carbocycles. The highest BCUT2D eigenvalue weighted by atomic mass is 32.1. The Kier molecular flexibility index (Phi) is 6.03. The Balaban J connectivity index is 1.48. The SMILES string of the molecule is CCc1cccc(C)c1NC(=S)NNC(=O)CCc1nc2ccccc2o1. The van der Waals surface area contributed by atoms with Crippen LogP contribution in [0, 0.1) is 6.92 Å². The van der Waals surface area contributed by atoms with Crippen LogP contribution in [0.25, 0.3) is 11.1 Å². The van der Waals surface area contributed by atoms with Crippen LogP contribution in [0.3, 0.4) is 0 Å². The van der Waals surface area contributed by atoms with Crippen LogP contribution in [0.5, 0.6) is 0 Å². The topological polar surface area (TPSA) is 79.2 Å². The number of rotatable bonds is 5. The second-order valence-electron chi connectivity index (χ2n) is 6.17. The fourth-order valence-electron chi connectivity index (χ4n) is 2.78. The number of carbonyl (C=O) groups is 1. The van der Waals surface area contributed by atoms with Crippen LogP contribution >= 0.6 is 12.2 Å². The molecule has 1 amide bonds. The lowest BCUT2D eigenvalue weighted by Crippen LogP contribution is -2.44. The number of hydrogen-bond acceptors (Lipinski definition) is 4. The molecule has 3 N–H and O–H groups in total. The predicted molar refractivity (Wildman–Crippen MR) is 110 cm³/mol. The minimum atomic E-state index is -0.193. The van der Waals surface area contributed by atoms with Crippen molar-refractivity contribution >= 4 is 40.0 Å². The number of nitrogens with one attached hydrogen (secondary N) is 3. The van der Waals surface area contributed by atoms with Gasteiger partial charge in [0.15, 0.2) is 16.6 Å². The highest BCUT2D eigenvalue weighted by molar-refractivity contribution is 7.80. The molecule has 2 aromatic carbocycles. The fraction of sp³-hybridized carbons (Fsp3) is 0.250. The molecule has 6 nitrogen and oxygen atoms in total. The summed E-state index contributed by atoms with van der Waals surface area (Å²) in [5.41, 5.74) is 10.1. The zero-order valence-corrected chi connectivity index (χ0v) is 16.2. The van der Waals surface area contributed by atoms with E-state index in [0.717, 1.165) is 28.8 Å². The van der Waals surface area contributed by atoms with Crippen LogP contribution in [0.1, 0.15) is 30.4 Å². The number of para-hydroxylation sites is 3. The van der Waals surface area contributed by atoms with Crippen molar-refractivity contribution < 1.29 is 9.21 Å². The summed E-state index contributed by atoms with van der Waals surface area (Å²) in [6.07, 6.45) is 1.55. The molecule has 0 unspecified atom stereocenters. The van der Waals surface area contributed by atoms with Gasteiger partial charge in [0.05, 0.1) is 0 Å². The molecule has 0 fully saturated rings. The maximum Gasteiger partial charge on any atom is 0.238 e. The summed E-state index contributed by atoms with van der Waals surface area (Å²) in [6.45, 7) is 4.10. The number of fused-ring (bicyclic) bond motifs is 1. The minimum absolute atomic E-state index is 0.193. The van der Waals surface area contributed by atoms with E-state index in [4.69, 9.17) is 16.6 Å². The molecule has 0 radical (unpaired) electrons. The Labute approximate surface area is 163 Å². The minimum Gasteiger partial charge on any atom is -0.441 e. The van der Waals surface area contributed by atoms with Crippen LogP contribution in [0.15, 0.2) is 46.9 Å². The molecule has 0 aliphatic rings. The van der Waals surface area contributed by atoms with Crippen molar-refractivity contribution in [3.8, 4) is 0 Å². The van der Waals surface area contributed by atoms with Gasteiger partial charge in [0.2, 0.25) is 5.91 Å². The van der Waals surface area contributed by atoms with Crippen LogP contribution in [0.4, 0.5) is 5.69 Å². The number of amides is 1. The Hall–Kier alpha value is -2.93. The Morgan fingerprint density at radius 1 is 1.15 bits per heavy atom. The highest BCUT2D eigenvalue weighted by Gasteiger charge is 2.10. The van der Waals surface area contributed by atoms with Crippen molar-refractivity contribution in [2.45, 2.75) is 33.1 Å². The summed E-state index contributed by atoms with van der Waals surface area (Å²) in [6, 6.07) is 13.6. The average molecular weight is 382 g/mol. The Bertz CT molecular complexity index is 935. The monoisotopic (exact) mass is 382 g/mol. The molecule has 0 bridgehead atoms. The number of hydrogen-bond donors (Lipinski definition) is 3. The lowest BCUT2D eigenvalue weighted by molar-refractivity contribution is -0.121. The van der Waals surface area contributed by atoms with E-state index in [1.54, 1.807) is 0 Å². The second-order valence-corrected chi connectivity index (χ2v) is 6.57. The van der Waals surface area contributed by atoms with E-state index in [9.17, 15) is 4.79 Å². The quantitative estimate of drug-likeness (QED) is 0.462. The van der Waals surface area contributed by atoms with Gasteiger partial charge in [-0.05, 0) is 48.8 Å². The second kappa shape index (κ2) is 8.64. The molecule has 7 heteroatoms. The van der Waals surface area contributed by atoms with E-state index in [0.29, 0.717) is 17.4 Å². The van der Waals surface area contributed by atoms with Gasteiger partial charge in [-0.2, -0.15) is 0 Å². The largest absolute Gasteiger partial charge is 0.441 e. The first-order valence-electron chi connectivity index (χ1n) is 8.85. The molecule has 140 valence electrons. The molecule has 0 saturated heterocycles. The van der Waals surface area contributed by atoms with Gasteiger partial charge in [0, 0.05) is 18.5 Å². The highest BCUT2D eigenvalue weighted by Crippen LogP contribution is 2.20. The first kappa shape index (κ1) is 18.8. The zero-order valence-electron chi connectivity index (χ0n) is 15.3. The number of aryl methyl sites for hydroxylation is 3. The van der Waals surface area contributed by atoms with Gasteiger partial charge in [-0.25, -0.2) is 4.98 Å². The van der Waals surface area contributed by atoms with E-state index >= 15 is 0 Å². The summed E-state index contributed by atoms with van der Waals surface area (Å²) < 4.78 is 5.61. The van der Waals surface area contributed by atoms with Gasteiger partial charge in [0.1, 0.15) is 5.52 Å². The molecule has 1 aromatic heterocycles. The van der Waals surface area contributed by atoms with E-state index in [2.05, 4.69) is 34.1 Å². The zero-order chi connectivity index (χ0) is 19.2. The lowest BCUT2D eigenvalue weighted by atomic mass is 10.1. The average Bonchev–Trinajstić information content (AvgIpc) is 3.09. The third kappa shape index (κ3) is 4.83. The number of anilines is 1. The van der Waals surface area contributed by atoms with Crippen molar-refractivity contribution in [3.05, 3.63) is 59.5 Å². The van der Waals surface area contributed by atoms with E-state index in [1.807, 2.05) is 43.3 Å². The number of thiocarbonyl (C=S) groups is 1. The van der Waals surface area contributed by atoms with Crippen molar-refractivity contribution in [2.24, 2.45) is 0 Å². The van der Waals surface area contributed by atoms with Crippen molar-refractivity contribution in [1.82, 2.24) is 15.8 Å². The molecular formula is C20H22N4O2S. The van der Waals surface area contributed by atoms with Crippen LogP contribution < -0.4 is 16.2 Å². The van der Waals surface area contributed by atoms with Gasteiger partial charge in [-0.15, -0.1) is 0 Å². The predicted octanol–water partition coefficient (Wildman–Crippen LogP) is 3.65. The Morgan fingerprint density at radius 3 is 2.74 bits per heavy atom. The number of carbonyl (C=O) groups excluding carboxylic acids is 1. The molecule has 0 atom stereocenters. The van der Waals surface area contributed by atoms with Crippen LogP contribution in [-0.2, 0) is 17.6 Å².